The van der Waals surface area contributed by atoms with E-state index in [9.17, 15) is 4.79 Å². The van der Waals surface area contributed by atoms with E-state index in [1.54, 1.807) is 30.0 Å². The minimum Gasteiger partial charge on any atom is -0.388 e. The second kappa shape index (κ2) is 12.6. The fourth-order valence-electron chi connectivity index (χ4n) is 3.53. The molecule has 0 aliphatic carbocycles. The molecule has 0 saturated heterocycles. The number of hydrogen-bond donors (Lipinski definition) is 3. The first-order valence-corrected chi connectivity index (χ1v) is 13.1. The number of rotatable bonds is 8. The molecule has 0 spiro atoms. The molecule has 1 aliphatic heterocycles. The van der Waals surface area contributed by atoms with Crippen LogP contribution in [0.5, 0.6) is 0 Å². The third-order valence-electron chi connectivity index (χ3n) is 5.54. The monoisotopic (exact) mass is 503 g/mol. The zero-order valence-electron chi connectivity index (χ0n) is 20.7. The van der Waals surface area contributed by atoms with Crippen molar-refractivity contribution in [3.63, 3.8) is 0 Å². The summed E-state index contributed by atoms with van der Waals surface area (Å²) in [5.41, 5.74) is 5.76. The van der Waals surface area contributed by atoms with Gasteiger partial charge < -0.3 is 16.0 Å². The van der Waals surface area contributed by atoms with Crippen LogP contribution >= 0.6 is 23.1 Å². The van der Waals surface area contributed by atoms with Gasteiger partial charge in [0.15, 0.2) is 5.78 Å². The average molecular weight is 504 g/mol. The number of benzene rings is 2. The highest BCUT2D eigenvalue weighted by Gasteiger charge is 2.23. The van der Waals surface area contributed by atoms with Crippen molar-refractivity contribution in [2.45, 2.75) is 36.6 Å². The van der Waals surface area contributed by atoms with Gasteiger partial charge in [0, 0.05) is 39.7 Å². The van der Waals surface area contributed by atoms with Crippen molar-refractivity contribution in [1.29, 1.82) is 0 Å². The Labute approximate surface area is 217 Å². The van der Waals surface area contributed by atoms with Gasteiger partial charge in [0.1, 0.15) is 5.00 Å². The molecule has 2 aromatic carbocycles. The molecule has 1 aromatic heterocycles. The van der Waals surface area contributed by atoms with Gasteiger partial charge >= 0.3 is 0 Å². The maximum atomic E-state index is 11.8. The summed E-state index contributed by atoms with van der Waals surface area (Å²) < 4.78 is 0. The summed E-state index contributed by atoms with van der Waals surface area (Å²) in [5, 5.41) is 10.5. The number of anilines is 1. The standard InChI is InChI=1S/C15H15NS.C14H18N2OS/c1-12(16-2)13-8-10-15(11-9-13)17-14-6-4-3-5-7-14;1-8(2)9(3)16-14-13(10(4)17)11-5-6-15-7-12(11)18-14/h3-11,16H,1H2,2H3;15-16H,1,3,5-7H2,2,4H3. The Morgan fingerprint density at radius 1 is 1.00 bits per heavy atom. The van der Waals surface area contributed by atoms with Crippen LogP contribution in [-0.4, -0.2) is 19.4 Å². The van der Waals surface area contributed by atoms with Gasteiger partial charge in [0.2, 0.25) is 0 Å². The van der Waals surface area contributed by atoms with Gasteiger partial charge in [0.25, 0.3) is 0 Å². The van der Waals surface area contributed by atoms with Gasteiger partial charge in [-0.2, -0.15) is 0 Å². The lowest BCUT2D eigenvalue weighted by atomic mass is 10.0. The molecule has 1 aliphatic rings. The number of allylic oxidation sites excluding steroid dienone is 1. The second-order valence-corrected chi connectivity index (χ2v) is 10.5. The van der Waals surface area contributed by atoms with Gasteiger partial charge in [0.05, 0.1) is 5.56 Å². The molecule has 3 N–H and O–H groups in total. The summed E-state index contributed by atoms with van der Waals surface area (Å²) in [4.78, 5) is 15.6. The molecule has 6 heteroatoms. The molecule has 0 unspecified atom stereocenters. The molecule has 0 saturated carbocycles. The quantitative estimate of drug-likeness (QED) is 0.226. The van der Waals surface area contributed by atoms with Crippen molar-refractivity contribution in [3.8, 4) is 0 Å². The Kier molecular flexibility index (Phi) is 9.55. The van der Waals surface area contributed by atoms with Gasteiger partial charge in [-0.25, -0.2) is 0 Å². The lowest BCUT2D eigenvalue weighted by Crippen LogP contribution is -2.23. The Hall–Kier alpha value is -3.06. The molecule has 0 amide bonds. The normalized spacial score (nSPS) is 12.0. The van der Waals surface area contributed by atoms with E-state index in [-0.39, 0.29) is 5.78 Å². The third kappa shape index (κ3) is 7.21. The van der Waals surface area contributed by atoms with Crippen LogP contribution in [0.4, 0.5) is 5.00 Å². The SMILES string of the molecule is C=C(C)C(=C)Nc1sc2c(c1C(C)=O)CCNC2.C=C(NC)c1ccc(Sc2ccccc2)cc1. The van der Waals surface area contributed by atoms with Crippen LogP contribution in [0.25, 0.3) is 5.70 Å². The lowest BCUT2D eigenvalue weighted by Gasteiger charge is -2.13. The molecule has 0 bridgehead atoms. The number of nitrogens with one attached hydrogen (secondary N) is 3. The zero-order chi connectivity index (χ0) is 25.4. The summed E-state index contributed by atoms with van der Waals surface area (Å²) in [6.07, 6.45) is 0.919. The van der Waals surface area contributed by atoms with Crippen LogP contribution < -0.4 is 16.0 Å². The fourth-order valence-corrected chi connectivity index (χ4v) is 5.66. The van der Waals surface area contributed by atoms with Gasteiger partial charge in [-0.15, -0.1) is 11.3 Å². The van der Waals surface area contributed by atoms with Crippen LogP contribution in [0.15, 0.2) is 95.4 Å². The molecular weight excluding hydrogens is 470 g/mol. The van der Waals surface area contributed by atoms with Crippen LogP contribution in [0.2, 0.25) is 0 Å². The van der Waals surface area contributed by atoms with E-state index in [1.165, 1.54) is 20.2 Å². The molecule has 182 valence electrons. The van der Waals surface area contributed by atoms with Crippen LogP contribution in [0.1, 0.15) is 40.2 Å². The molecule has 3 aromatic rings. The minimum absolute atomic E-state index is 0.117. The highest BCUT2D eigenvalue weighted by Crippen LogP contribution is 2.36. The fraction of sp³-hybridized carbons (Fsp3) is 0.207. The predicted molar refractivity (Wildman–Crippen MR) is 152 cm³/mol. The zero-order valence-corrected chi connectivity index (χ0v) is 22.3. The van der Waals surface area contributed by atoms with Crippen molar-refractivity contribution in [2.75, 3.05) is 18.9 Å². The van der Waals surface area contributed by atoms with Crippen molar-refractivity contribution in [3.05, 3.63) is 107 Å². The average Bonchev–Trinajstić information content (AvgIpc) is 3.23. The third-order valence-corrected chi connectivity index (χ3v) is 7.71. The van der Waals surface area contributed by atoms with Gasteiger partial charge in [-0.05, 0) is 67.8 Å². The van der Waals surface area contributed by atoms with Crippen LogP contribution in [-0.2, 0) is 13.0 Å². The summed E-state index contributed by atoms with van der Waals surface area (Å²) in [7, 11) is 1.88. The summed E-state index contributed by atoms with van der Waals surface area (Å²) in [5.74, 6) is 0.117. The van der Waals surface area contributed by atoms with Crippen molar-refractivity contribution >= 4 is 39.6 Å². The molecule has 4 nitrogen and oxygen atoms in total. The van der Waals surface area contributed by atoms with Crippen LogP contribution in [0, 0.1) is 0 Å². The predicted octanol–water partition coefficient (Wildman–Crippen LogP) is 7.13. The number of thiophene rings is 1. The van der Waals surface area contributed by atoms with Crippen LogP contribution in [0.3, 0.4) is 0 Å². The lowest BCUT2D eigenvalue weighted by molar-refractivity contribution is 0.101. The highest BCUT2D eigenvalue weighted by molar-refractivity contribution is 7.99. The number of fused-ring (bicyclic) bond motifs is 1. The number of carbonyl (C=O) groups excluding carboxylic acids is 1. The molecule has 2 heterocycles. The Bertz CT molecular complexity index is 1210. The first kappa shape index (κ1) is 26.5. The topological polar surface area (TPSA) is 53.2 Å². The first-order valence-electron chi connectivity index (χ1n) is 11.5. The molecule has 0 radical (unpaired) electrons. The van der Waals surface area contributed by atoms with Crippen molar-refractivity contribution < 1.29 is 4.79 Å². The summed E-state index contributed by atoms with van der Waals surface area (Å²) in [6, 6.07) is 18.8. The minimum atomic E-state index is 0.117. The Morgan fingerprint density at radius 3 is 2.26 bits per heavy atom. The summed E-state index contributed by atoms with van der Waals surface area (Å²) in [6.45, 7) is 17.0. The van der Waals surface area contributed by atoms with E-state index in [4.69, 9.17) is 0 Å². The Balaban J connectivity index is 0.000000196. The largest absolute Gasteiger partial charge is 0.388 e. The molecule has 4 rings (SSSR count). The molecular formula is C29H33N3OS2. The molecule has 0 atom stereocenters. The van der Waals surface area contributed by atoms with E-state index in [0.717, 1.165) is 52.6 Å². The second-order valence-electron chi connectivity index (χ2n) is 8.24. The highest BCUT2D eigenvalue weighted by atomic mass is 32.2. The van der Waals surface area contributed by atoms with E-state index in [0.29, 0.717) is 0 Å². The van der Waals surface area contributed by atoms with Crippen molar-refractivity contribution in [2.24, 2.45) is 0 Å². The number of hydrogen-bond acceptors (Lipinski definition) is 6. The maximum Gasteiger partial charge on any atom is 0.163 e. The Morgan fingerprint density at radius 2 is 1.66 bits per heavy atom. The molecule has 35 heavy (non-hydrogen) atoms. The smallest absolute Gasteiger partial charge is 0.163 e. The maximum absolute atomic E-state index is 11.8. The van der Waals surface area contributed by atoms with Gasteiger partial charge in [-0.1, -0.05) is 61.8 Å². The van der Waals surface area contributed by atoms with Crippen molar-refractivity contribution in [1.82, 2.24) is 10.6 Å². The summed E-state index contributed by atoms with van der Waals surface area (Å²) >= 11 is 3.41. The van der Waals surface area contributed by atoms with E-state index in [2.05, 4.69) is 84.2 Å². The number of ketones is 1. The number of carbonyl (C=O) groups is 1. The van der Waals surface area contributed by atoms with E-state index in [1.807, 2.05) is 20.0 Å². The van der Waals surface area contributed by atoms with Gasteiger partial charge in [-0.3, -0.25) is 4.79 Å². The number of Topliss-reactive ketones (excluding diaryl/α,β-unsaturated/α-hetero) is 1. The molecule has 0 fully saturated rings. The first-order chi connectivity index (χ1) is 16.8. The van der Waals surface area contributed by atoms with E-state index >= 15 is 0 Å². The van der Waals surface area contributed by atoms with E-state index < -0.39 is 0 Å².